The Bertz CT molecular complexity index is 914. The summed E-state index contributed by atoms with van der Waals surface area (Å²) in [7, 11) is 0. The zero-order valence-electron chi connectivity index (χ0n) is 18.0. The maximum atomic E-state index is 13.3. The van der Waals surface area contributed by atoms with Crippen molar-refractivity contribution >= 4 is 23.6 Å². The predicted molar refractivity (Wildman–Crippen MR) is 121 cm³/mol. The minimum Gasteiger partial charge on any atom is -0.338 e. The maximum Gasteiger partial charge on any atom is 0.255 e. The van der Waals surface area contributed by atoms with Crippen LogP contribution in [0.15, 0.2) is 59.5 Å². The summed E-state index contributed by atoms with van der Waals surface area (Å²) in [5.74, 6) is 1.31. The fraction of sp³-hybridized carbons (Fsp3) is 0.440. The van der Waals surface area contributed by atoms with Gasteiger partial charge in [0.05, 0.1) is 11.6 Å². The smallest absolute Gasteiger partial charge is 0.255 e. The van der Waals surface area contributed by atoms with Gasteiger partial charge in [0.25, 0.3) is 5.91 Å². The number of rotatable bonds is 5. The van der Waals surface area contributed by atoms with Crippen molar-refractivity contribution in [2.45, 2.75) is 31.2 Å². The molecule has 2 fully saturated rings. The van der Waals surface area contributed by atoms with Crippen molar-refractivity contribution in [1.29, 1.82) is 0 Å². The first kappa shape index (κ1) is 21.0. The van der Waals surface area contributed by atoms with Gasteiger partial charge in [0.1, 0.15) is 0 Å². The number of hydrogen-bond acceptors (Lipinski definition) is 3. The second-order valence-electron chi connectivity index (χ2n) is 8.83. The number of benzene rings is 2. The van der Waals surface area contributed by atoms with Crippen LogP contribution in [0.5, 0.6) is 0 Å². The van der Waals surface area contributed by atoms with Gasteiger partial charge in [-0.1, -0.05) is 56.3 Å². The van der Waals surface area contributed by atoms with E-state index in [4.69, 9.17) is 0 Å². The van der Waals surface area contributed by atoms with Crippen LogP contribution < -0.4 is 0 Å². The average Bonchev–Trinajstić information content (AvgIpc) is 3.31. The van der Waals surface area contributed by atoms with Gasteiger partial charge in [0.2, 0.25) is 5.91 Å². The van der Waals surface area contributed by atoms with Gasteiger partial charge in [-0.3, -0.25) is 9.59 Å². The summed E-state index contributed by atoms with van der Waals surface area (Å²) < 4.78 is 0. The summed E-state index contributed by atoms with van der Waals surface area (Å²) in [5.41, 5.74) is 1.97. The Balaban J connectivity index is 1.59. The van der Waals surface area contributed by atoms with Gasteiger partial charge < -0.3 is 9.80 Å². The molecule has 2 amide bonds. The number of hydrogen-bond donors (Lipinski definition) is 0. The van der Waals surface area contributed by atoms with Crippen molar-refractivity contribution in [2.24, 2.45) is 17.8 Å². The topological polar surface area (TPSA) is 40.6 Å². The molecule has 2 saturated heterocycles. The van der Waals surface area contributed by atoms with Crippen LogP contribution in [0.4, 0.5) is 0 Å². The molecule has 2 aliphatic heterocycles. The first-order chi connectivity index (χ1) is 14.5. The highest BCUT2D eigenvalue weighted by molar-refractivity contribution is 7.98. The summed E-state index contributed by atoms with van der Waals surface area (Å²) in [6, 6.07) is 18.2. The van der Waals surface area contributed by atoms with E-state index in [-0.39, 0.29) is 23.8 Å². The van der Waals surface area contributed by atoms with Crippen molar-refractivity contribution in [2.75, 3.05) is 25.9 Å². The lowest BCUT2D eigenvalue weighted by Gasteiger charge is -2.30. The van der Waals surface area contributed by atoms with Crippen LogP contribution >= 0.6 is 11.8 Å². The molecule has 2 aliphatic rings. The standard InChI is InChI=1S/C25H30N2O2S/c1-17(2)13-23(28)27-15-19-14-26(25(29)20-11-7-8-12-22(20)30-3)16-21(19)24(27)18-9-5-4-6-10-18/h4-12,17,19,21,24H,13-16H2,1-3H3/t19-,21-,24-/m0/s1. The van der Waals surface area contributed by atoms with Gasteiger partial charge in [0.15, 0.2) is 0 Å². The highest BCUT2D eigenvalue weighted by atomic mass is 32.2. The third-order valence-electron chi connectivity index (χ3n) is 6.33. The Morgan fingerprint density at radius 3 is 2.40 bits per heavy atom. The highest BCUT2D eigenvalue weighted by Gasteiger charge is 2.50. The summed E-state index contributed by atoms with van der Waals surface area (Å²) >= 11 is 1.61. The Morgan fingerprint density at radius 1 is 1.00 bits per heavy atom. The van der Waals surface area contributed by atoms with E-state index >= 15 is 0 Å². The third-order valence-corrected chi connectivity index (χ3v) is 7.13. The van der Waals surface area contributed by atoms with Gasteiger partial charge in [-0.15, -0.1) is 11.8 Å². The molecular formula is C25H30N2O2S. The number of amides is 2. The average molecular weight is 423 g/mol. The van der Waals surface area contributed by atoms with E-state index in [1.54, 1.807) is 11.8 Å². The molecule has 5 heteroatoms. The van der Waals surface area contributed by atoms with Crippen LogP contribution in [-0.4, -0.2) is 47.5 Å². The Kier molecular flexibility index (Phi) is 6.19. The molecule has 158 valence electrons. The lowest BCUT2D eigenvalue weighted by molar-refractivity contribution is -0.133. The van der Waals surface area contributed by atoms with E-state index in [9.17, 15) is 9.59 Å². The van der Waals surface area contributed by atoms with Crippen LogP contribution in [0.3, 0.4) is 0 Å². The van der Waals surface area contributed by atoms with Crippen molar-refractivity contribution in [1.82, 2.24) is 9.80 Å². The summed E-state index contributed by atoms with van der Waals surface area (Å²) in [4.78, 5) is 31.4. The van der Waals surface area contributed by atoms with Crippen LogP contribution in [0.25, 0.3) is 0 Å². The van der Waals surface area contributed by atoms with Crippen LogP contribution in [-0.2, 0) is 4.79 Å². The number of carbonyl (C=O) groups excluding carboxylic acids is 2. The molecule has 0 aliphatic carbocycles. The number of likely N-dealkylation sites (tertiary alicyclic amines) is 2. The SMILES string of the molecule is CSc1ccccc1C(=O)N1C[C@H]2CN(C(=O)CC(C)C)[C@@H](c3ccccc3)[C@H]2C1. The summed E-state index contributed by atoms with van der Waals surface area (Å²) in [6.07, 6.45) is 2.58. The zero-order chi connectivity index (χ0) is 21.3. The number of carbonyl (C=O) groups is 2. The van der Waals surface area contributed by atoms with Crippen LogP contribution in [0.2, 0.25) is 0 Å². The molecule has 4 nitrogen and oxygen atoms in total. The lowest BCUT2D eigenvalue weighted by atomic mass is 9.89. The zero-order valence-corrected chi connectivity index (χ0v) is 18.8. The third kappa shape index (κ3) is 4.00. The van der Waals surface area contributed by atoms with E-state index in [1.165, 1.54) is 5.56 Å². The fourth-order valence-electron chi connectivity index (χ4n) is 5.00. The minimum atomic E-state index is 0.0519. The van der Waals surface area contributed by atoms with E-state index in [1.807, 2.05) is 53.6 Å². The monoisotopic (exact) mass is 422 g/mol. The molecule has 2 aromatic rings. The molecular weight excluding hydrogens is 392 g/mol. The predicted octanol–water partition coefficient (Wildman–Crippen LogP) is 4.73. The second-order valence-corrected chi connectivity index (χ2v) is 9.68. The normalized spacial score (nSPS) is 23.1. The molecule has 0 radical (unpaired) electrons. The van der Waals surface area contributed by atoms with E-state index in [0.717, 1.165) is 23.5 Å². The second kappa shape index (κ2) is 8.84. The van der Waals surface area contributed by atoms with Crippen molar-refractivity contribution in [3.05, 3.63) is 65.7 Å². The molecule has 3 atom stereocenters. The van der Waals surface area contributed by atoms with E-state index in [0.29, 0.717) is 24.8 Å². The molecule has 0 aromatic heterocycles. The van der Waals surface area contributed by atoms with E-state index < -0.39 is 0 Å². The summed E-state index contributed by atoms with van der Waals surface area (Å²) in [5, 5.41) is 0. The Morgan fingerprint density at radius 2 is 1.70 bits per heavy atom. The molecule has 0 unspecified atom stereocenters. The lowest BCUT2D eigenvalue weighted by Crippen LogP contribution is -2.38. The maximum absolute atomic E-state index is 13.3. The molecule has 2 heterocycles. The Hall–Kier alpha value is -2.27. The highest BCUT2D eigenvalue weighted by Crippen LogP contribution is 2.45. The van der Waals surface area contributed by atoms with Gasteiger partial charge >= 0.3 is 0 Å². The van der Waals surface area contributed by atoms with Crippen molar-refractivity contribution in [3.63, 3.8) is 0 Å². The Labute approximate surface area is 183 Å². The molecule has 0 spiro atoms. The van der Waals surface area contributed by atoms with Gasteiger partial charge in [-0.25, -0.2) is 0 Å². The molecule has 4 rings (SSSR count). The van der Waals surface area contributed by atoms with Crippen molar-refractivity contribution < 1.29 is 9.59 Å². The number of fused-ring (bicyclic) bond motifs is 1. The molecule has 0 bridgehead atoms. The van der Waals surface area contributed by atoms with Gasteiger partial charge in [-0.05, 0) is 29.9 Å². The van der Waals surface area contributed by atoms with Gasteiger partial charge in [0, 0.05) is 42.8 Å². The first-order valence-electron chi connectivity index (χ1n) is 10.8. The van der Waals surface area contributed by atoms with E-state index in [2.05, 4.69) is 30.9 Å². The first-order valence-corrected chi connectivity index (χ1v) is 12.0. The van der Waals surface area contributed by atoms with Crippen molar-refractivity contribution in [3.8, 4) is 0 Å². The van der Waals surface area contributed by atoms with Gasteiger partial charge in [-0.2, -0.15) is 0 Å². The number of nitrogens with zero attached hydrogens (tertiary/aromatic N) is 2. The molecule has 2 aromatic carbocycles. The molecule has 0 saturated carbocycles. The quantitative estimate of drug-likeness (QED) is 0.654. The van der Waals surface area contributed by atoms with Crippen LogP contribution in [0, 0.1) is 17.8 Å². The fourth-order valence-corrected chi connectivity index (χ4v) is 5.59. The van der Waals surface area contributed by atoms with Crippen LogP contribution in [0.1, 0.15) is 42.2 Å². The minimum absolute atomic E-state index is 0.0519. The molecule has 30 heavy (non-hydrogen) atoms. The summed E-state index contributed by atoms with van der Waals surface area (Å²) in [6.45, 7) is 6.35. The number of thioether (sulfide) groups is 1. The molecule has 0 N–H and O–H groups in total. The largest absolute Gasteiger partial charge is 0.338 e.